The van der Waals surface area contributed by atoms with E-state index in [0.717, 1.165) is 0 Å². The number of nitrogens with zero attached hydrogens (tertiary/aromatic N) is 1. The van der Waals surface area contributed by atoms with Crippen LogP contribution in [0.4, 0.5) is 4.39 Å². The summed E-state index contributed by atoms with van der Waals surface area (Å²) in [6, 6.07) is 2.60. The normalized spacial score (nSPS) is 10.6. The van der Waals surface area contributed by atoms with Gasteiger partial charge in [0.15, 0.2) is 12.1 Å². The van der Waals surface area contributed by atoms with E-state index < -0.39 is 5.82 Å². The van der Waals surface area contributed by atoms with Gasteiger partial charge in [-0.05, 0) is 12.1 Å². The molecule has 0 aliphatic carbocycles. The Morgan fingerprint density at radius 2 is 2.31 bits per heavy atom. The topological polar surface area (TPSA) is 45.8 Å². The first kappa shape index (κ1) is 8.19. The van der Waals surface area contributed by atoms with Crippen LogP contribution in [-0.2, 0) is 0 Å². The molecule has 1 N–H and O–H groups in total. The van der Waals surface area contributed by atoms with Gasteiger partial charge in [0.05, 0.1) is 10.4 Å². The van der Waals surface area contributed by atoms with Gasteiger partial charge in [-0.1, -0.05) is 11.6 Å². The average Bonchev–Trinajstić information content (AvgIpc) is 2.56. The highest BCUT2D eigenvalue weighted by Crippen LogP contribution is 2.25. The third-order valence-corrected chi connectivity index (χ3v) is 2.07. The largest absolute Gasteiger partial charge is 0.296 e. The Bertz CT molecular complexity index is 480. The zero-order chi connectivity index (χ0) is 9.42. The van der Waals surface area contributed by atoms with Gasteiger partial charge in [-0.15, -0.1) is 0 Å². The predicted octanol–water partition coefficient (Wildman–Crippen LogP) is 2.17. The molecule has 1 aromatic carbocycles. The molecule has 0 aliphatic rings. The van der Waals surface area contributed by atoms with Crippen LogP contribution in [0.5, 0.6) is 0 Å². The number of hydrogen-bond acceptors (Lipinski definition) is 2. The van der Waals surface area contributed by atoms with Crippen molar-refractivity contribution in [3.05, 3.63) is 28.7 Å². The number of hydrogen-bond donors (Lipinski definition) is 1. The number of halogens is 2. The van der Waals surface area contributed by atoms with Crippen LogP contribution in [-0.4, -0.2) is 16.5 Å². The van der Waals surface area contributed by atoms with Crippen LogP contribution in [0, 0.1) is 5.82 Å². The van der Waals surface area contributed by atoms with Gasteiger partial charge in [0.2, 0.25) is 0 Å². The molecular formula is C8H4ClFN2O. The minimum atomic E-state index is -0.497. The third-order valence-electron chi connectivity index (χ3n) is 1.75. The number of aldehydes is 1. The maximum atomic E-state index is 13.1. The van der Waals surface area contributed by atoms with Crippen molar-refractivity contribution in [2.75, 3.05) is 0 Å². The molecule has 2 aromatic rings. The SMILES string of the molecule is O=Cc1[nH]nc2c(F)ccc(Cl)c12. The summed E-state index contributed by atoms with van der Waals surface area (Å²) in [5.74, 6) is -0.497. The lowest BCUT2D eigenvalue weighted by molar-refractivity contribution is 0.112. The van der Waals surface area contributed by atoms with Crippen LogP contribution < -0.4 is 0 Å². The molecule has 0 unspecified atom stereocenters. The molecule has 0 saturated heterocycles. The maximum Gasteiger partial charge on any atom is 0.168 e. The Labute approximate surface area is 77.5 Å². The quantitative estimate of drug-likeness (QED) is 0.714. The monoisotopic (exact) mass is 198 g/mol. The van der Waals surface area contributed by atoms with Crippen LogP contribution in [0.1, 0.15) is 10.5 Å². The first-order valence-electron chi connectivity index (χ1n) is 3.51. The van der Waals surface area contributed by atoms with Crippen LogP contribution in [0.2, 0.25) is 5.02 Å². The second-order valence-electron chi connectivity index (χ2n) is 2.51. The predicted molar refractivity (Wildman–Crippen MR) is 46.4 cm³/mol. The molecule has 2 rings (SSSR count). The zero-order valence-corrected chi connectivity index (χ0v) is 7.10. The molecule has 0 bridgehead atoms. The molecule has 3 nitrogen and oxygen atoms in total. The van der Waals surface area contributed by atoms with Crippen molar-refractivity contribution in [3.8, 4) is 0 Å². The first-order chi connectivity index (χ1) is 6.24. The third kappa shape index (κ3) is 1.10. The number of aromatic nitrogens is 2. The van der Waals surface area contributed by atoms with Gasteiger partial charge in [0.1, 0.15) is 11.2 Å². The number of rotatable bonds is 1. The number of benzene rings is 1. The summed E-state index contributed by atoms with van der Waals surface area (Å²) < 4.78 is 13.1. The molecule has 5 heteroatoms. The van der Waals surface area contributed by atoms with Crippen molar-refractivity contribution in [3.63, 3.8) is 0 Å². The van der Waals surface area contributed by atoms with E-state index in [1.807, 2.05) is 0 Å². The molecule has 13 heavy (non-hydrogen) atoms. The van der Waals surface area contributed by atoms with Gasteiger partial charge < -0.3 is 0 Å². The molecule has 1 aromatic heterocycles. The highest BCUT2D eigenvalue weighted by Gasteiger charge is 2.11. The van der Waals surface area contributed by atoms with Crippen molar-refractivity contribution in [1.82, 2.24) is 10.2 Å². The molecule has 0 aliphatic heterocycles. The molecule has 1 heterocycles. The van der Waals surface area contributed by atoms with Gasteiger partial charge in [-0.2, -0.15) is 5.10 Å². The van der Waals surface area contributed by atoms with E-state index in [-0.39, 0.29) is 11.2 Å². The lowest BCUT2D eigenvalue weighted by Gasteiger charge is -1.93. The number of H-pyrrole nitrogens is 1. The number of carbonyl (C=O) groups is 1. The smallest absolute Gasteiger partial charge is 0.168 e. The van der Waals surface area contributed by atoms with Crippen molar-refractivity contribution in [2.45, 2.75) is 0 Å². The summed E-state index contributed by atoms with van der Waals surface area (Å²) in [5, 5.41) is 6.68. The summed E-state index contributed by atoms with van der Waals surface area (Å²) >= 11 is 5.77. The maximum absolute atomic E-state index is 13.1. The second kappa shape index (κ2) is 2.81. The second-order valence-corrected chi connectivity index (χ2v) is 2.92. The average molecular weight is 199 g/mol. The van der Waals surface area contributed by atoms with E-state index in [1.165, 1.54) is 12.1 Å². The number of aromatic amines is 1. The van der Waals surface area contributed by atoms with E-state index in [9.17, 15) is 9.18 Å². The molecule has 66 valence electrons. The molecule has 0 spiro atoms. The van der Waals surface area contributed by atoms with Crippen LogP contribution in [0.25, 0.3) is 10.9 Å². The number of carbonyl (C=O) groups excluding carboxylic acids is 1. The first-order valence-corrected chi connectivity index (χ1v) is 3.89. The van der Waals surface area contributed by atoms with Crippen molar-refractivity contribution < 1.29 is 9.18 Å². The van der Waals surface area contributed by atoms with Crippen LogP contribution >= 0.6 is 11.6 Å². The minimum Gasteiger partial charge on any atom is -0.296 e. The summed E-state index contributed by atoms with van der Waals surface area (Å²) in [6.45, 7) is 0. The lowest BCUT2D eigenvalue weighted by Crippen LogP contribution is -1.81. The zero-order valence-electron chi connectivity index (χ0n) is 6.34. The van der Waals surface area contributed by atoms with Crippen LogP contribution in [0.3, 0.4) is 0 Å². The summed E-state index contributed by atoms with van der Waals surface area (Å²) in [7, 11) is 0. The standard InChI is InChI=1S/C8H4ClFN2O/c9-4-1-2-5(10)8-7(4)6(3-13)11-12-8/h1-3H,(H,11,12). The van der Waals surface area contributed by atoms with E-state index in [0.29, 0.717) is 16.7 Å². The Hall–Kier alpha value is -1.42. The summed E-state index contributed by atoms with van der Waals surface area (Å²) in [6.07, 6.45) is 0.556. The van der Waals surface area contributed by atoms with Crippen molar-refractivity contribution in [2.24, 2.45) is 0 Å². The number of fused-ring (bicyclic) bond motifs is 1. The Morgan fingerprint density at radius 1 is 1.54 bits per heavy atom. The van der Waals surface area contributed by atoms with E-state index in [1.54, 1.807) is 0 Å². The Kier molecular flexibility index (Phi) is 1.77. The fraction of sp³-hybridized carbons (Fsp3) is 0. The minimum absolute atomic E-state index is 0.0922. The summed E-state index contributed by atoms with van der Waals surface area (Å²) in [4.78, 5) is 10.5. The van der Waals surface area contributed by atoms with Gasteiger partial charge in [0.25, 0.3) is 0 Å². The fourth-order valence-electron chi connectivity index (χ4n) is 1.16. The highest BCUT2D eigenvalue weighted by molar-refractivity contribution is 6.36. The van der Waals surface area contributed by atoms with Crippen LogP contribution in [0.15, 0.2) is 12.1 Å². The molecule has 0 saturated carbocycles. The molecular weight excluding hydrogens is 195 g/mol. The summed E-state index contributed by atoms with van der Waals surface area (Å²) in [5.41, 5.74) is 0.286. The fourth-order valence-corrected chi connectivity index (χ4v) is 1.42. The Morgan fingerprint density at radius 3 is 3.00 bits per heavy atom. The van der Waals surface area contributed by atoms with Gasteiger partial charge in [0, 0.05) is 0 Å². The molecule has 0 radical (unpaired) electrons. The Balaban J connectivity index is 2.95. The molecule has 0 amide bonds. The van der Waals surface area contributed by atoms with Gasteiger partial charge in [-0.25, -0.2) is 4.39 Å². The highest BCUT2D eigenvalue weighted by atomic mass is 35.5. The van der Waals surface area contributed by atoms with E-state index in [4.69, 9.17) is 11.6 Å². The van der Waals surface area contributed by atoms with E-state index >= 15 is 0 Å². The number of nitrogens with one attached hydrogen (secondary N) is 1. The van der Waals surface area contributed by atoms with Gasteiger partial charge in [-0.3, -0.25) is 9.89 Å². The lowest BCUT2D eigenvalue weighted by atomic mass is 10.2. The van der Waals surface area contributed by atoms with Crippen molar-refractivity contribution >= 4 is 28.8 Å². The van der Waals surface area contributed by atoms with E-state index in [2.05, 4.69) is 10.2 Å². The molecule has 0 atom stereocenters. The molecule has 0 fully saturated rings. The van der Waals surface area contributed by atoms with Crippen molar-refractivity contribution in [1.29, 1.82) is 0 Å². The van der Waals surface area contributed by atoms with Gasteiger partial charge >= 0.3 is 0 Å².